The van der Waals surface area contributed by atoms with Gasteiger partial charge in [-0.2, -0.15) is 4.98 Å². The minimum Gasteiger partial charge on any atom is -0.481 e. The summed E-state index contributed by atoms with van der Waals surface area (Å²) in [6, 6.07) is 4.51. The van der Waals surface area contributed by atoms with E-state index in [1.807, 2.05) is 4.90 Å². The number of aromatic nitrogens is 1. The van der Waals surface area contributed by atoms with Crippen LogP contribution in [0.1, 0.15) is 37.0 Å². The first kappa shape index (κ1) is 20.9. The van der Waals surface area contributed by atoms with Gasteiger partial charge in [0.05, 0.1) is 14.2 Å². The number of rotatable bonds is 7. The van der Waals surface area contributed by atoms with Crippen LogP contribution in [0.3, 0.4) is 0 Å². The van der Waals surface area contributed by atoms with Gasteiger partial charge in [0.15, 0.2) is 0 Å². The van der Waals surface area contributed by atoms with Crippen molar-refractivity contribution < 1.29 is 14.3 Å². The van der Waals surface area contributed by atoms with Crippen LogP contribution in [0.15, 0.2) is 12.1 Å². The zero-order valence-electron chi connectivity index (χ0n) is 17.9. The smallest absolute Gasteiger partial charge is 0.259 e. The molecule has 2 saturated heterocycles. The number of amides is 1. The van der Waals surface area contributed by atoms with E-state index >= 15 is 0 Å². The number of carbonyl (C=O) groups excluding carboxylic acids is 1. The van der Waals surface area contributed by atoms with Crippen molar-refractivity contribution in [2.75, 3.05) is 54.0 Å². The SMILES string of the molecule is COc1ccc(C(=O)N2CC(N(CC(C)C)C3CCN(C)CC3)C2)c(OC)n1. The van der Waals surface area contributed by atoms with E-state index in [-0.39, 0.29) is 5.91 Å². The van der Waals surface area contributed by atoms with Gasteiger partial charge in [0.1, 0.15) is 5.56 Å². The zero-order valence-corrected chi connectivity index (χ0v) is 17.9. The monoisotopic (exact) mass is 390 g/mol. The molecule has 156 valence electrons. The quantitative estimate of drug-likeness (QED) is 0.710. The van der Waals surface area contributed by atoms with Crippen LogP contribution < -0.4 is 9.47 Å². The Kier molecular flexibility index (Phi) is 6.78. The number of hydrogen-bond donors (Lipinski definition) is 0. The fourth-order valence-corrected chi connectivity index (χ4v) is 4.20. The lowest BCUT2D eigenvalue weighted by Crippen LogP contribution is -2.64. The Balaban J connectivity index is 1.64. The molecule has 1 aromatic heterocycles. The first-order valence-electron chi connectivity index (χ1n) is 10.3. The molecule has 0 saturated carbocycles. The fraction of sp³-hybridized carbons (Fsp3) is 0.714. The second-order valence-corrected chi connectivity index (χ2v) is 8.40. The van der Waals surface area contributed by atoms with Crippen LogP contribution in [0.4, 0.5) is 0 Å². The molecule has 0 bridgehead atoms. The molecule has 2 aliphatic rings. The maximum absolute atomic E-state index is 13.0. The van der Waals surface area contributed by atoms with E-state index in [2.05, 4.69) is 35.7 Å². The first-order chi connectivity index (χ1) is 13.4. The molecule has 7 nitrogen and oxygen atoms in total. The highest BCUT2D eigenvalue weighted by atomic mass is 16.5. The third-order valence-corrected chi connectivity index (χ3v) is 5.82. The standard InChI is InChI=1S/C21H34N4O3/c1-15(2)12-25(16-8-10-23(3)11-9-16)17-13-24(14-17)21(26)18-6-7-19(27-4)22-20(18)28-5/h6-7,15-17H,8-14H2,1-5H3. The summed E-state index contributed by atoms with van der Waals surface area (Å²) in [4.78, 5) is 24.2. The van der Waals surface area contributed by atoms with Gasteiger partial charge in [0.2, 0.25) is 11.8 Å². The molecule has 0 spiro atoms. The van der Waals surface area contributed by atoms with Crippen molar-refractivity contribution >= 4 is 5.91 Å². The Labute approximate surface area is 168 Å². The third kappa shape index (κ3) is 4.58. The van der Waals surface area contributed by atoms with Gasteiger partial charge in [-0.05, 0) is 45.0 Å². The summed E-state index contributed by atoms with van der Waals surface area (Å²) in [6.45, 7) is 9.50. The molecule has 2 fully saturated rings. The van der Waals surface area contributed by atoms with Crippen LogP contribution in [-0.4, -0.2) is 91.7 Å². The van der Waals surface area contributed by atoms with Crippen LogP contribution >= 0.6 is 0 Å². The van der Waals surface area contributed by atoms with Crippen LogP contribution in [0.2, 0.25) is 0 Å². The average molecular weight is 391 g/mol. The molecule has 0 radical (unpaired) electrons. The lowest BCUT2D eigenvalue weighted by molar-refractivity contribution is -0.00815. The number of ether oxygens (including phenoxy) is 2. The first-order valence-corrected chi connectivity index (χ1v) is 10.3. The summed E-state index contributed by atoms with van der Waals surface area (Å²) in [5.74, 6) is 1.37. The summed E-state index contributed by atoms with van der Waals surface area (Å²) in [5.41, 5.74) is 0.497. The van der Waals surface area contributed by atoms with Crippen molar-refractivity contribution in [3.8, 4) is 11.8 Å². The van der Waals surface area contributed by atoms with Crippen molar-refractivity contribution in [3.63, 3.8) is 0 Å². The molecule has 2 aliphatic heterocycles. The fourth-order valence-electron chi connectivity index (χ4n) is 4.20. The highest BCUT2D eigenvalue weighted by molar-refractivity contribution is 5.97. The summed E-state index contributed by atoms with van der Waals surface area (Å²) >= 11 is 0. The molecule has 1 amide bonds. The molecule has 7 heteroatoms. The van der Waals surface area contributed by atoms with E-state index in [0.717, 1.165) is 32.7 Å². The highest BCUT2D eigenvalue weighted by Gasteiger charge is 2.39. The van der Waals surface area contributed by atoms with E-state index < -0.39 is 0 Å². The molecule has 28 heavy (non-hydrogen) atoms. The minimum atomic E-state index is -0.0175. The molecule has 0 N–H and O–H groups in total. The second kappa shape index (κ2) is 9.09. The Morgan fingerprint density at radius 3 is 2.43 bits per heavy atom. The molecule has 0 unspecified atom stereocenters. The van der Waals surface area contributed by atoms with Gasteiger partial charge in [-0.15, -0.1) is 0 Å². The molecule has 0 aliphatic carbocycles. The topological polar surface area (TPSA) is 58.1 Å². The van der Waals surface area contributed by atoms with Gasteiger partial charge >= 0.3 is 0 Å². The summed E-state index contributed by atoms with van der Waals surface area (Å²) in [7, 11) is 5.28. The van der Waals surface area contributed by atoms with Gasteiger partial charge in [-0.3, -0.25) is 9.69 Å². The van der Waals surface area contributed by atoms with E-state index in [1.165, 1.54) is 20.0 Å². The summed E-state index contributed by atoms with van der Waals surface area (Å²) < 4.78 is 10.4. The predicted molar refractivity (Wildman–Crippen MR) is 109 cm³/mol. The number of likely N-dealkylation sites (tertiary alicyclic amines) is 2. The van der Waals surface area contributed by atoms with Crippen molar-refractivity contribution in [3.05, 3.63) is 17.7 Å². The summed E-state index contributed by atoms with van der Waals surface area (Å²) in [6.07, 6.45) is 2.42. The molecule has 3 rings (SSSR count). The Hall–Kier alpha value is -1.86. The Morgan fingerprint density at radius 2 is 1.86 bits per heavy atom. The number of methoxy groups -OCH3 is 2. The van der Waals surface area contributed by atoms with E-state index in [4.69, 9.17) is 9.47 Å². The van der Waals surface area contributed by atoms with Crippen LogP contribution in [-0.2, 0) is 0 Å². The van der Waals surface area contributed by atoms with E-state index in [0.29, 0.717) is 35.3 Å². The van der Waals surface area contributed by atoms with Gasteiger partial charge < -0.3 is 19.3 Å². The van der Waals surface area contributed by atoms with Crippen LogP contribution in [0.5, 0.6) is 11.8 Å². The van der Waals surface area contributed by atoms with E-state index in [1.54, 1.807) is 19.2 Å². The maximum Gasteiger partial charge on any atom is 0.259 e. The normalized spacial score (nSPS) is 19.2. The van der Waals surface area contributed by atoms with Gasteiger partial charge in [0, 0.05) is 37.8 Å². The lowest BCUT2D eigenvalue weighted by atomic mass is 9.96. The van der Waals surface area contributed by atoms with Gasteiger partial charge in [0.25, 0.3) is 5.91 Å². The molecule has 1 aromatic rings. The molecular formula is C21H34N4O3. The highest BCUT2D eigenvalue weighted by Crippen LogP contribution is 2.28. The van der Waals surface area contributed by atoms with Crippen LogP contribution in [0, 0.1) is 5.92 Å². The number of nitrogens with zero attached hydrogens (tertiary/aromatic N) is 4. The largest absolute Gasteiger partial charge is 0.481 e. The Bertz CT molecular complexity index is 668. The lowest BCUT2D eigenvalue weighted by Gasteiger charge is -2.50. The molecule has 3 heterocycles. The predicted octanol–water partition coefficient (Wildman–Crippen LogP) is 1.98. The third-order valence-electron chi connectivity index (χ3n) is 5.82. The van der Waals surface area contributed by atoms with Crippen molar-refractivity contribution in [2.24, 2.45) is 5.92 Å². The van der Waals surface area contributed by atoms with Crippen molar-refractivity contribution in [2.45, 2.75) is 38.8 Å². The molecule has 0 atom stereocenters. The maximum atomic E-state index is 13.0. The number of piperidine rings is 1. The van der Waals surface area contributed by atoms with Crippen molar-refractivity contribution in [1.29, 1.82) is 0 Å². The number of carbonyl (C=O) groups is 1. The van der Waals surface area contributed by atoms with E-state index in [9.17, 15) is 4.79 Å². The van der Waals surface area contributed by atoms with Gasteiger partial charge in [-0.1, -0.05) is 13.8 Å². The molecule has 0 aromatic carbocycles. The number of pyridine rings is 1. The summed E-state index contributed by atoms with van der Waals surface area (Å²) in [5, 5.41) is 0. The average Bonchev–Trinajstić information content (AvgIpc) is 2.65. The second-order valence-electron chi connectivity index (χ2n) is 8.40. The molecular weight excluding hydrogens is 356 g/mol. The van der Waals surface area contributed by atoms with Crippen LogP contribution in [0.25, 0.3) is 0 Å². The minimum absolute atomic E-state index is 0.0175. The van der Waals surface area contributed by atoms with Gasteiger partial charge in [-0.25, -0.2) is 0 Å². The Morgan fingerprint density at radius 1 is 1.18 bits per heavy atom. The van der Waals surface area contributed by atoms with Crippen molar-refractivity contribution in [1.82, 2.24) is 19.7 Å². The number of hydrogen-bond acceptors (Lipinski definition) is 6. The zero-order chi connectivity index (χ0) is 20.3.